The lowest BCUT2D eigenvalue weighted by Gasteiger charge is -2.21. The van der Waals surface area contributed by atoms with E-state index in [1.54, 1.807) is 44.4 Å². The number of nitrogens with one attached hydrogen (secondary N) is 1. The predicted octanol–water partition coefficient (Wildman–Crippen LogP) is 4.13. The minimum atomic E-state index is -4.49. The number of para-hydroxylation sites is 1. The quantitative estimate of drug-likeness (QED) is 0.696. The first-order valence-electron chi connectivity index (χ1n) is 8.71. The van der Waals surface area contributed by atoms with Gasteiger partial charge >= 0.3 is 6.18 Å². The molecule has 0 aliphatic carbocycles. The Labute approximate surface area is 165 Å². The van der Waals surface area contributed by atoms with Crippen molar-refractivity contribution in [1.82, 2.24) is 19.9 Å². The van der Waals surface area contributed by atoms with Crippen LogP contribution in [0.2, 0.25) is 0 Å². The number of nitrogens with zero attached hydrogens (tertiary/aromatic N) is 4. The summed E-state index contributed by atoms with van der Waals surface area (Å²) in [4.78, 5) is 26.1. The van der Waals surface area contributed by atoms with E-state index in [1.165, 1.54) is 4.90 Å². The van der Waals surface area contributed by atoms with E-state index in [9.17, 15) is 18.0 Å². The lowest BCUT2D eigenvalue weighted by atomic mass is 10.1. The van der Waals surface area contributed by atoms with Gasteiger partial charge in [0.15, 0.2) is 0 Å². The molecule has 2 heterocycles. The lowest BCUT2D eigenvalue weighted by molar-refractivity contribution is -0.138. The number of carbonyl (C=O) groups excluding carboxylic acids is 1. The summed E-state index contributed by atoms with van der Waals surface area (Å²) in [6.07, 6.45) is 0.279. The summed E-state index contributed by atoms with van der Waals surface area (Å²) >= 11 is 0. The van der Waals surface area contributed by atoms with Gasteiger partial charge in [-0.15, -0.1) is 0 Å². The Morgan fingerprint density at radius 1 is 1.14 bits per heavy atom. The fourth-order valence-electron chi connectivity index (χ4n) is 2.74. The molecule has 0 spiro atoms. The van der Waals surface area contributed by atoms with Crippen molar-refractivity contribution >= 4 is 22.8 Å². The van der Waals surface area contributed by atoms with E-state index in [1.807, 2.05) is 12.1 Å². The maximum Gasteiger partial charge on any atom is 0.419 e. The smallest absolute Gasteiger partial charge is 0.349 e. The third-order valence-corrected chi connectivity index (χ3v) is 4.34. The monoisotopic (exact) mass is 401 g/mol. The van der Waals surface area contributed by atoms with Gasteiger partial charge in [-0.3, -0.25) is 9.78 Å². The lowest BCUT2D eigenvalue weighted by Crippen LogP contribution is -2.30. The number of fused-ring (bicyclic) bond motifs is 1. The number of carbonyl (C=O) groups is 1. The van der Waals surface area contributed by atoms with Crippen LogP contribution in [0.25, 0.3) is 10.9 Å². The second-order valence-corrected chi connectivity index (χ2v) is 6.17. The van der Waals surface area contributed by atoms with Crippen LogP contribution in [-0.4, -0.2) is 39.4 Å². The van der Waals surface area contributed by atoms with Crippen LogP contribution in [0, 0.1) is 0 Å². The van der Waals surface area contributed by atoms with E-state index in [4.69, 9.17) is 0 Å². The zero-order chi connectivity index (χ0) is 21.0. The number of halogens is 3. The van der Waals surface area contributed by atoms with Crippen LogP contribution in [0.15, 0.2) is 60.7 Å². The number of hydrogen-bond acceptors (Lipinski definition) is 5. The van der Waals surface area contributed by atoms with Crippen LogP contribution in [0.4, 0.5) is 19.1 Å². The van der Waals surface area contributed by atoms with Gasteiger partial charge in [0.25, 0.3) is 5.91 Å². The van der Waals surface area contributed by atoms with Crippen LogP contribution in [0.5, 0.6) is 0 Å². The summed E-state index contributed by atoms with van der Waals surface area (Å²) < 4.78 is 37.8. The normalized spacial score (nSPS) is 12.1. The molecule has 0 fully saturated rings. The van der Waals surface area contributed by atoms with Gasteiger partial charge in [0.2, 0.25) is 5.95 Å². The number of alkyl halides is 3. The number of aromatic nitrogens is 3. The minimum Gasteiger partial charge on any atom is -0.349 e. The van der Waals surface area contributed by atoms with Gasteiger partial charge in [-0.05, 0) is 19.1 Å². The van der Waals surface area contributed by atoms with Crippen molar-refractivity contribution in [3.63, 3.8) is 0 Å². The third kappa shape index (κ3) is 4.50. The van der Waals surface area contributed by atoms with Gasteiger partial charge in [-0.1, -0.05) is 24.3 Å². The number of hydrogen-bond donors (Lipinski definition) is 1. The Morgan fingerprint density at radius 2 is 1.83 bits per heavy atom. The second kappa shape index (κ2) is 8.26. The Bertz CT molecular complexity index is 1040. The van der Waals surface area contributed by atoms with Crippen molar-refractivity contribution in [3.05, 3.63) is 71.8 Å². The van der Waals surface area contributed by atoms with Crippen LogP contribution in [0.3, 0.4) is 0 Å². The number of pyridine rings is 1. The first-order valence-corrected chi connectivity index (χ1v) is 8.71. The topological polar surface area (TPSA) is 71.0 Å². The largest absolute Gasteiger partial charge is 0.419 e. The average molecular weight is 401 g/mol. The van der Waals surface area contributed by atoms with Crippen molar-refractivity contribution in [2.75, 3.05) is 18.9 Å². The highest BCUT2D eigenvalue weighted by Gasteiger charge is 2.31. The summed E-state index contributed by atoms with van der Waals surface area (Å²) in [5, 5.41) is 3.68. The average Bonchev–Trinajstić information content (AvgIpc) is 2.72. The van der Waals surface area contributed by atoms with Crippen LogP contribution in [0.1, 0.15) is 22.8 Å². The molecule has 0 saturated heterocycles. The van der Waals surface area contributed by atoms with Crippen LogP contribution < -0.4 is 5.32 Å². The number of amides is 1. The molecular formula is C20H18F3N5O. The summed E-state index contributed by atoms with van der Waals surface area (Å²) in [5.41, 5.74) is 0.730. The highest BCUT2D eigenvalue weighted by Crippen LogP contribution is 2.28. The van der Waals surface area contributed by atoms with Gasteiger partial charge in [-0.2, -0.15) is 13.2 Å². The van der Waals surface area contributed by atoms with Crippen LogP contribution in [-0.2, 0) is 6.18 Å². The molecule has 3 aromatic rings. The van der Waals surface area contributed by atoms with Gasteiger partial charge in [0.1, 0.15) is 0 Å². The highest BCUT2D eigenvalue weighted by molar-refractivity contribution is 6.05. The predicted molar refractivity (Wildman–Crippen MR) is 103 cm³/mol. The standard InChI is InChI=1S/C20H18F3N5O/c1-3-15(12-27-19-25-10-14(11-26-19)20(21,22)23)28(2)18(29)16-8-4-6-13-7-5-9-24-17(13)16/h3-11H,12H2,1-2H3,(H,25,26,27)/b15-3-. The van der Waals surface area contributed by atoms with Crippen molar-refractivity contribution in [2.45, 2.75) is 13.1 Å². The Morgan fingerprint density at radius 3 is 2.48 bits per heavy atom. The summed E-state index contributed by atoms with van der Waals surface area (Å²) in [6, 6.07) is 9.03. The number of benzene rings is 1. The second-order valence-electron chi connectivity index (χ2n) is 6.17. The molecule has 0 radical (unpaired) electrons. The molecule has 1 N–H and O–H groups in total. The SMILES string of the molecule is C/C=C(/CNc1ncc(C(F)(F)F)cn1)N(C)C(=O)c1cccc2cccnc12. The summed E-state index contributed by atoms with van der Waals surface area (Å²) in [7, 11) is 1.62. The number of rotatable bonds is 5. The molecule has 0 saturated carbocycles. The van der Waals surface area contributed by atoms with Crippen molar-refractivity contribution in [3.8, 4) is 0 Å². The van der Waals surface area contributed by atoms with E-state index < -0.39 is 11.7 Å². The van der Waals surface area contributed by atoms with Crippen molar-refractivity contribution in [1.29, 1.82) is 0 Å². The fourth-order valence-corrected chi connectivity index (χ4v) is 2.74. The maximum atomic E-state index is 13.0. The van der Waals surface area contributed by atoms with E-state index >= 15 is 0 Å². The molecule has 9 heteroatoms. The van der Waals surface area contributed by atoms with Crippen molar-refractivity contribution in [2.24, 2.45) is 0 Å². The molecule has 29 heavy (non-hydrogen) atoms. The van der Waals surface area contributed by atoms with E-state index in [2.05, 4.69) is 20.3 Å². The first kappa shape index (κ1) is 20.2. The molecule has 2 aromatic heterocycles. The number of anilines is 1. The summed E-state index contributed by atoms with van der Waals surface area (Å²) in [5.74, 6) is -0.220. The minimum absolute atomic E-state index is 0.0324. The zero-order valence-corrected chi connectivity index (χ0v) is 15.7. The fraction of sp³-hybridized carbons (Fsp3) is 0.200. The number of likely N-dealkylation sites (N-methyl/N-ethyl adjacent to an activating group) is 1. The van der Waals surface area contributed by atoms with E-state index in [0.29, 0.717) is 29.2 Å². The van der Waals surface area contributed by atoms with Gasteiger partial charge in [0, 0.05) is 36.7 Å². The molecule has 0 bridgehead atoms. The molecule has 0 aliphatic heterocycles. The van der Waals surface area contributed by atoms with Gasteiger partial charge in [-0.25, -0.2) is 9.97 Å². The van der Waals surface area contributed by atoms with Gasteiger partial charge < -0.3 is 10.2 Å². The zero-order valence-electron chi connectivity index (χ0n) is 15.7. The Hall–Kier alpha value is -3.49. The molecule has 6 nitrogen and oxygen atoms in total. The number of allylic oxidation sites excluding steroid dienone is 1. The maximum absolute atomic E-state index is 13.0. The van der Waals surface area contributed by atoms with Crippen molar-refractivity contribution < 1.29 is 18.0 Å². The molecule has 0 unspecified atom stereocenters. The molecular weight excluding hydrogens is 383 g/mol. The Balaban J connectivity index is 1.73. The molecule has 1 aromatic carbocycles. The Kier molecular flexibility index (Phi) is 5.76. The molecule has 1 amide bonds. The third-order valence-electron chi connectivity index (χ3n) is 4.34. The van der Waals surface area contributed by atoms with Crippen LogP contribution >= 0.6 is 0 Å². The molecule has 3 rings (SSSR count). The summed E-state index contributed by atoms with van der Waals surface area (Å²) in [6.45, 7) is 1.91. The van der Waals surface area contributed by atoms with Gasteiger partial charge in [0.05, 0.1) is 23.2 Å². The molecule has 150 valence electrons. The molecule has 0 aliphatic rings. The van der Waals surface area contributed by atoms with E-state index in [0.717, 1.165) is 5.39 Å². The molecule has 0 atom stereocenters. The first-order chi connectivity index (χ1) is 13.8. The van der Waals surface area contributed by atoms with E-state index in [-0.39, 0.29) is 18.4 Å². The highest BCUT2D eigenvalue weighted by atomic mass is 19.4.